The SMILES string of the molecule is CC1C2(C)C3(C)OC(=O)C(O)(O3)C(C)(C)C12C. The van der Waals surface area contributed by atoms with Gasteiger partial charge < -0.3 is 9.84 Å². The lowest BCUT2D eigenvalue weighted by atomic mass is 9.64. The number of ether oxygens (including phenoxy) is 2. The average Bonchev–Trinajstić information content (AvgIpc) is 2.54. The van der Waals surface area contributed by atoms with E-state index in [1.807, 2.05) is 13.8 Å². The first-order valence-corrected chi connectivity index (χ1v) is 6.15. The molecule has 4 nitrogen and oxygen atoms in total. The van der Waals surface area contributed by atoms with E-state index in [-0.39, 0.29) is 10.8 Å². The summed E-state index contributed by atoms with van der Waals surface area (Å²) in [5.74, 6) is -3.15. The largest absolute Gasteiger partial charge is 0.429 e. The van der Waals surface area contributed by atoms with Gasteiger partial charge in [-0.15, -0.1) is 0 Å². The third-order valence-electron chi connectivity index (χ3n) is 6.72. The van der Waals surface area contributed by atoms with E-state index < -0.39 is 23.0 Å². The smallest absolute Gasteiger partial charge is 0.369 e. The second-order valence-corrected chi connectivity index (χ2v) is 6.83. The molecule has 0 spiro atoms. The van der Waals surface area contributed by atoms with Crippen LogP contribution in [0.5, 0.6) is 0 Å². The second-order valence-electron chi connectivity index (χ2n) is 6.83. The molecule has 5 atom stereocenters. The molecule has 2 aliphatic heterocycles. The molecule has 0 amide bonds. The molecule has 1 aliphatic carbocycles. The van der Waals surface area contributed by atoms with Crippen molar-refractivity contribution < 1.29 is 19.4 Å². The van der Waals surface area contributed by atoms with Crippen molar-refractivity contribution in [2.24, 2.45) is 22.2 Å². The van der Waals surface area contributed by atoms with Crippen molar-refractivity contribution in [3.63, 3.8) is 0 Å². The molecule has 0 aromatic rings. The topological polar surface area (TPSA) is 55.8 Å². The Morgan fingerprint density at radius 1 is 1.12 bits per heavy atom. The van der Waals surface area contributed by atoms with Crippen LogP contribution >= 0.6 is 0 Å². The number of aliphatic hydroxyl groups is 1. The van der Waals surface area contributed by atoms with Gasteiger partial charge in [0.05, 0.1) is 0 Å². The van der Waals surface area contributed by atoms with Crippen LogP contribution in [0.15, 0.2) is 0 Å². The molecule has 0 aromatic heterocycles. The normalized spacial score (nSPS) is 63.0. The Hall–Kier alpha value is -0.610. The van der Waals surface area contributed by atoms with Gasteiger partial charge in [0, 0.05) is 17.8 Å². The summed E-state index contributed by atoms with van der Waals surface area (Å²) in [6.45, 7) is 11.9. The summed E-state index contributed by atoms with van der Waals surface area (Å²) < 4.78 is 11.1. The van der Waals surface area contributed by atoms with Crippen LogP contribution in [0.3, 0.4) is 0 Å². The number of rotatable bonds is 0. The fourth-order valence-corrected chi connectivity index (χ4v) is 4.65. The highest BCUT2D eigenvalue weighted by molar-refractivity contribution is 5.82. The zero-order valence-electron chi connectivity index (χ0n) is 11.2. The fraction of sp³-hybridized carbons (Fsp3) is 0.923. The third-order valence-corrected chi connectivity index (χ3v) is 6.72. The van der Waals surface area contributed by atoms with Crippen molar-refractivity contribution in [1.29, 1.82) is 0 Å². The standard InChI is InChI=1S/C13H20O4/c1-7-10(4)9(2,3)13(15)8(14)16-12(6,17-13)11(7,10)5/h7,15H,1-6H3. The van der Waals surface area contributed by atoms with Gasteiger partial charge >= 0.3 is 5.97 Å². The van der Waals surface area contributed by atoms with Crippen molar-refractivity contribution in [2.45, 2.75) is 53.1 Å². The molecule has 3 rings (SSSR count). The fourth-order valence-electron chi connectivity index (χ4n) is 4.65. The van der Waals surface area contributed by atoms with Gasteiger partial charge in [-0.2, -0.15) is 0 Å². The lowest BCUT2D eigenvalue weighted by Crippen LogP contribution is -2.60. The molecule has 0 radical (unpaired) electrons. The van der Waals surface area contributed by atoms with E-state index in [0.29, 0.717) is 5.92 Å². The van der Waals surface area contributed by atoms with Gasteiger partial charge in [0.1, 0.15) is 0 Å². The third kappa shape index (κ3) is 0.709. The van der Waals surface area contributed by atoms with E-state index in [0.717, 1.165) is 0 Å². The highest BCUT2D eigenvalue weighted by Gasteiger charge is 2.92. The summed E-state index contributed by atoms with van der Waals surface area (Å²) in [5, 5.41) is 10.6. The van der Waals surface area contributed by atoms with Crippen LogP contribution in [-0.2, 0) is 14.3 Å². The zero-order valence-corrected chi connectivity index (χ0v) is 11.2. The Bertz CT molecular complexity index is 445. The van der Waals surface area contributed by atoms with E-state index >= 15 is 0 Å². The molecule has 2 heterocycles. The van der Waals surface area contributed by atoms with Crippen molar-refractivity contribution in [3.8, 4) is 0 Å². The minimum atomic E-state index is -1.82. The molecular weight excluding hydrogens is 220 g/mol. The van der Waals surface area contributed by atoms with Gasteiger partial charge in [-0.1, -0.05) is 34.6 Å². The van der Waals surface area contributed by atoms with Gasteiger partial charge in [-0.3, -0.25) is 4.74 Å². The van der Waals surface area contributed by atoms with Gasteiger partial charge in [0.25, 0.3) is 5.79 Å². The first-order valence-electron chi connectivity index (χ1n) is 6.15. The number of esters is 1. The second kappa shape index (κ2) is 2.28. The quantitative estimate of drug-likeness (QED) is 0.654. The van der Waals surface area contributed by atoms with Gasteiger partial charge in [-0.25, -0.2) is 4.79 Å². The maximum Gasteiger partial charge on any atom is 0.369 e. The molecule has 0 aromatic carbocycles. The molecule has 3 fully saturated rings. The van der Waals surface area contributed by atoms with Gasteiger partial charge in [0.15, 0.2) is 0 Å². The molecule has 1 N–H and O–H groups in total. The minimum absolute atomic E-state index is 0.173. The van der Waals surface area contributed by atoms with Crippen LogP contribution < -0.4 is 0 Å². The summed E-state index contributed by atoms with van der Waals surface area (Å²) in [4.78, 5) is 12.0. The van der Waals surface area contributed by atoms with E-state index in [2.05, 4.69) is 20.8 Å². The molecule has 2 saturated heterocycles. The monoisotopic (exact) mass is 240 g/mol. The molecule has 5 unspecified atom stereocenters. The summed E-state index contributed by atoms with van der Waals surface area (Å²) >= 11 is 0. The van der Waals surface area contributed by atoms with Crippen LogP contribution in [0.2, 0.25) is 0 Å². The van der Waals surface area contributed by atoms with Crippen molar-refractivity contribution >= 4 is 5.97 Å². The summed E-state index contributed by atoms with van der Waals surface area (Å²) in [6, 6.07) is 0. The lowest BCUT2D eigenvalue weighted by molar-refractivity contribution is -0.343. The van der Waals surface area contributed by atoms with E-state index in [9.17, 15) is 9.90 Å². The molecule has 17 heavy (non-hydrogen) atoms. The Morgan fingerprint density at radius 2 is 1.65 bits per heavy atom. The Kier molecular flexibility index (Phi) is 1.54. The van der Waals surface area contributed by atoms with Crippen LogP contribution in [0.1, 0.15) is 41.5 Å². The van der Waals surface area contributed by atoms with Crippen molar-refractivity contribution in [2.75, 3.05) is 0 Å². The number of hydrogen-bond donors (Lipinski definition) is 1. The van der Waals surface area contributed by atoms with E-state index in [1.54, 1.807) is 6.92 Å². The zero-order chi connectivity index (χ0) is 13.1. The Balaban J connectivity index is 2.28. The van der Waals surface area contributed by atoms with Crippen molar-refractivity contribution in [3.05, 3.63) is 0 Å². The highest BCUT2D eigenvalue weighted by atomic mass is 16.8. The maximum absolute atomic E-state index is 12.0. The predicted octanol–water partition coefficient (Wildman–Crippen LogP) is 1.67. The van der Waals surface area contributed by atoms with Crippen LogP contribution in [-0.4, -0.2) is 22.7 Å². The lowest BCUT2D eigenvalue weighted by Gasteiger charge is -2.49. The first kappa shape index (κ1) is 11.5. The Morgan fingerprint density at radius 3 is 2.18 bits per heavy atom. The Labute approximate surface area is 101 Å². The molecule has 96 valence electrons. The number of carbonyl (C=O) groups is 1. The van der Waals surface area contributed by atoms with Crippen molar-refractivity contribution in [1.82, 2.24) is 0 Å². The van der Waals surface area contributed by atoms with Crippen LogP contribution in [0.25, 0.3) is 0 Å². The molecule has 4 heteroatoms. The summed E-state index contributed by atoms with van der Waals surface area (Å²) in [6.07, 6.45) is 0. The number of hydrogen-bond acceptors (Lipinski definition) is 4. The van der Waals surface area contributed by atoms with Gasteiger partial charge in [-0.05, 0) is 11.3 Å². The highest BCUT2D eigenvalue weighted by Crippen LogP contribution is 2.86. The summed E-state index contributed by atoms with van der Waals surface area (Å²) in [7, 11) is 0. The van der Waals surface area contributed by atoms with Crippen LogP contribution in [0.4, 0.5) is 0 Å². The molecular formula is C13H20O4. The predicted molar refractivity (Wildman–Crippen MR) is 59.7 cm³/mol. The van der Waals surface area contributed by atoms with Crippen LogP contribution in [0, 0.1) is 22.2 Å². The number of fused-ring (bicyclic) bond motifs is 4. The number of carbonyl (C=O) groups excluding carboxylic acids is 1. The van der Waals surface area contributed by atoms with Gasteiger partial charge in [0.2, 0.25) is 5.79 Å². The molecule has 2 bridgehead atoms. The maximum atomic E-state index is 12.0. The van der Waals surface area contributed by atoms with E-state index in [1.165, 1.54) is 0 Å². The minimum Gasteiger partial charge on any atom is -0.429 e. The molecule has 1 saturated carbocycles. The average molecular weight is 240 g/mol. The van der Waals surface area contributed by atoms with E-state index in [4.69, 9.17) is 9.47 Å². The molecule has 3 aliphatic rings. The summed E-state index contributed by atoms with van der Waals surface area (Å²) in [5.41, 5.74) is -1.09. The first-order chi connectivity index (χ1) is 7.49.